The van der Waals surface area contributed by atoms with Gasteiger partial charge in [-0.05, 0) is 25.1 Å². The molecule has 0 amide bonds. The molecular formula is C14H17FN2O4S. The average Bonchev–Trinajstić information content (AvgIpc) is 2.48. The van der Waals surface area contributed by atoms with Crippen LogP contribution < -0.4 is 0 Å². The average molecular weight is 328 g/mol. The maximum absolute atomic E-state index is 13.7. The van der Waals surface area contributed by atoms with Gasteiger partial charge >= 0.3 is 5.97 Å². The first-order chi connectivity index (χ1) is 10.3. The Morgan fingerprint density at radius 1 is 1.41 bits per heavy atom. The zero-order chi connectivity index (χ0) is 16.9. The molecule has 6 nitrogen and oxygen atoms in total. The Balaban J connectivity index is 3.26. The Labute approximate surface area is 129 Å². The van der Waals surface area contributed by atoms with Crippen molar-refractivity contribution in [1.82, 2.24) is 4.31 Å². The highest BCUT2D eigenvalue weighted by Crippen LogP contribution is 2.20. The molecule has 22 heavy (non-hydrogen) atoms. The topological polar surface area (TPSA) is 87.5 Å². The van der Waals surface area contributed by atoms with Gasteiger partial charge in [0.25, 0.3) is 0 Å². The quantitative estimate of drug-likeness (QED) is 0.745. The monoisotopic (exact) mass is 328 g/mol. The predicted molar refractivity (Wildman–Crippen MR) is 77.0 cm³/mol. The van der Waals surface area contributed by atoms with Gasteiger partial charge in [0.15, 0.2) is 6.10 Å². The lowest BCUT2D eigenvalue weighted by Crippen LogP contribution is -2.30. The summed E-state index contributed by atoms with van der Waals surface area (Å²) in [6.07, 6.45) is -1.06. The molecule has 0 aliphatic rings. The summed E-state index contributed by atoms with van der Waals surface area (Å²) < 4.78 is 44.3. The van der Waals surface area contributed by atoms with Gasteiger partial charge in [0.1, 0.15) is 11.9 Å². The second-order valence-corrected chi connectivity index (χ2v) is 6.35. The molecule has 0 saturated heterocycles. The molecule has 0 N–H and O–H groups in total. The van der Waals surface area contributed by atoms with Crippen molar-refractivity contribution in [3.05, 3.63) is 29.6 Å². The van der Waals surface area contributed by atoms with E-state index in [1.807, 2.05) is 0 Å². The van der Waals surface area contributed by atoms with E-state index in [9.17, 15) is 17.6 Å². The van der Waals surface area contributed by atoms with Crippen molar-refractivity contribution in [2.75, 3.05) is 13.1 Å². The Kier molecular flexibility index (Phi) is 6.02. The van der Waals surface area contributed by atoms with Gasteiger partial charge in [-0.2, -0.15) is 9.57 Å². The number of carbonyl (C=O) groups is 1. The maximum Gasteiger partial charge on any atom is 0.342 e. The molecule has 0 radical (unpaired) electrons. The van der Waals surface area contributed by atoms with Crippen molar-refractivity contribution in [2.24, 2.45) is 0 Å². The van der Waals surface area contributed by atoms with E-state index in [0.29, 0.717) is 0 Å². The third-order valence-corrected chi connectivity index (χ3v) is 5.01. The second-order valence-electron chi connectivity index (χ2n) is 4.41. The number of hydrogen-bond acceptors (Lipinski definition) is 5. The van der Waals surface area contributed by atoms with Gasteiger partial charge in [-0.15, -0.1) is 0 Å². The fraction of sp³-hybridized carbons (Fsp3) is 0.429. The van der Waals surface area contributed by atoms with Gasteiger partial charge in [0, 0.05) is 13.1 Å². The van der Waals surface area contributed by atoms with Gasteiger partial charge < -0.3 is 4.74 Å². The van der Waals surface area contributed by atoms with E-state index in [1.165, 1.54) is 11.2 Å². The van der Waals surface area contributed by atoms with E-state index in [-0.39, 0.29) is 18.0 Å². The predicted octanol–water partition coefficient (Wildman–Crippen LogP) is 1.93. The summed E-state index contributed by atoms with van der Waals surface area (Å²) in [5, 5.41) is 8.60. The first-order valence-corrected chi connectivity index (χ1v) is 8.12. The van der Waals surface area contributed by atoms with Crippen LogP contribution in [0.4, 0.5) is 4.39 Å². The van der Waals surface area contributed by atoms with Crippen LogP contribution in [0, 0.1) is 17.1 Å². The molecule has 0 fully saturated rings. The standard InChI is InChI=1S/C14H17FN2O4S/c1-4-17(5-2)22(19,20)11-6-7-13(15)12(8-11)14(18)21-10(3)9-16/h6-8,10H,4-5H2,1-3H3. The van der Waals surface area contributed by atoms with Crippen LogP contribution in [0.2, 0.25) is 0 Å². The lowest BCUT2D eigenvalue weighted by Gasteiger charge is -2.18. The third kappa shape index (κ3) is 3.81. The van der Waals surface area contributed by atoms with Crippen LogP contribution in [0.1, 0.15) is 31.1 Å². The van der Waals surface area contributed by atoms with E-state index in [2.05, 4.69) is 0 Å². The molecule has 120 valence electrons. The second kappa shape index (κ2) is 7.33. The molecule has 0 aliphatic carbocycles. The van der Waals surface area contributed by atoms with Gasteiger partial charge in [-0.25, -0.2) is 17.6 Å². The van der Waals surface area contributed by atoms with Crippen LogP contribution in [0.25, 0.3) is 0 Å². The zero-order valence-corrected chi connectivity index (χ0v) is 13.4. The molecule has 0 spiro atoms. The molecule has 1 aromatic carbocycles. The summed E-state index contributed by atoms with van der Waals surface area (Å²) in [4.78, 5) is 11.6. The number of esters is 1. The van der Waals surface area contributed by atoms with E-state index in [1.54, 1.807) is 19.9 Å². The van der Waals surface area contributed by atoms with Crippen molar-refractivity contribution in [3.63, 3.8) is 0 Å². The van der Waals surface area contributed by atoms with E-state index in [0.717, 1.165) is 18.2 Å². The van der Waals surface area contributed by atoms with Crippen molar-refractivity contribution in [1.29, 1.82) is 5.26 Å². The zero-order valence-electron chi connectivity index (χ0n) is 12.5. The van der Waals surface area contributed by atoms with Crippen LogP contribution in [-0.4, -0.2) is 37.9 Å². The first-order valence-electron chi connectivity index (χ1n) is 6.68. The molecule has 0 aromatic heterocycles. The number of nitrogens with zero attached hydrogens (tertiary/aromatic N) is 2. The van der Waals surface area contributed by atoms with E-state index < -0.39 is 33.5 Å². The van der Waals surface area contributed by atoms with Gasteiger partial charge in [0.05, 0.1) is 10.5 Å². The van der Waals surface area contributed by atoms with Crippen LogP contribution in [0.5, 0.6) is 0 Å². The summed E-state index contributed by atoms with van der Waals surface area (Å²) in [6, 6.07) is 4.58. The molecule has 0 heterocycles. The minimum atomic E-state index is -3.81. The molecule has 0 bridgehead atoms. The summed E-state index contributed by atoms with van der Waals surface area (Å²) in [5.41, 5.74) is -0.518. The molecular weight excluding hydrogens is 311 g/mol. The first kappa shape index (κ1) is 18.1. The summed E-state index contributed by atoms with van der Waals surface area (Å²) in [7, 11) is -3.81. The van der Waals surface area contributed by atoms with Crippen LogP contribution in [0.3, 0.4) is 0 Å². The van der Waals surface area contributed by atoms with Crippen LogP contribution in [-0.2, 0) is 14.8 Å². The summed E-state index contributed by atoms with van der Waals surface area (Å²) in [5.74, 6) is -1.99. The van der Waals surface area contributed by atoms with Crippen molar-refractivity contribution >= 4 is 16.0 Å². The van der Waals surface area contributed by atoms with Gasteiger partial charge in [-0.1, -0.05) is 13.8 Å². The minimum Gasteiger partial charge on any atom is -0.444 e. The fourth-order valence-electron chi connectivity index (χ4n) is 1.78. The number of nitriles is 1. The third-order valence-electron chi connectivity index (χ3n) is 2.97. The smallest absolute Gasteiger partial charge is 0.342 e. The molecule has 8 heteroatoms. The van der Waals surface area contributed by atoms with Gasteiger partial charge in [0.2, 0.25) is 10.0 Å². The molecule has 1 unspecified atom stereocenters. The number of ether oxygens (including phenoxy) is 1. The van der Waals surface area contributed by atoms with Crippen molar-refractivity contribution in [2.45, 2.75) is 31.8 Å². The van der Waals surface area contributed by atoms with Crippen molar-refractivity contribution < 1.29 is 22.3 Å². The summed E-state index contributed by atoms with van der Waals surface area (Å²) in [6.45, 7) is 5.18. The number of halogens is 1. The highest BCUT2D eigenvalue weighted by atomic mass is 32.2. The Bertz CT molecular complexity index is 693. The maximum atomic E-state index is 13.7. The number of carbonyl (C=O) groups excluding carboxylic acids is 1. The van der Waals surface area contributed by atoms with Crippen LogP contribution in [0.15, 0.2) is 23.1 Å². The highest BCUT2D eigenvalue weighted by Gasteiger charge is 2.25. The number of hydrogen-bond donors (Lipinski definition) is 0. The Morgan fingerprint density at radius 2 is 2.00 bits per heavy atom. The number of sulfonamides is 1. The number of benzene rings is 1. The molecule has 0 saturated carbocycles. The Morgan fingerprint density at radius 3 is 2.50 bits per heavy atom. The number of rotatable bonds is 6. The van der Waals surface area contributed by atoms with Crippen LogP contribution >= 0.6 is 0 Å². The molecule has 0 aliphatic heterocycles. The van der Waals surface area contributed by atoms with E-state index >= 15 is 0 Å². The SMILES string of the molecule is CCN(CC)S(=O)(=O)c1ccc(F)c(C(=O)OC(C)C#N)c1. The van der Waals surface area contributed by atoms with Crippen molar-refractivity contribution in [3.8, 4) is 6.07 Å². The molecule has 1 aromatic rings. The lowest BCUT2D eigenvalue weighted by molar-refractivity contribution is 0.0430. The molecule has 1 atom stereocenters. The minimum absolute atomic E-state index is 0.200. The normalized spacial score (nSPS) is 12.7. The molecule has 1 rings (SSSR count). The van der Waals surface area contributed by atoms with Gasteiger partial charge in [-0.3, -0.25) is 0 Å². The Hall–Kier alpha value is -1.98. The fourth-order valence-corrected chi connectivity index (χ4v) is 3.27. The highest BCUT2D eigenvalue weighted by molar-refractivity contribution is 7.89. The van der Waals surface area contributed by atoms with E-state index in [4.69, 9.17) is 10.00 Å². The lowest BCUT2D eigenvalue weighted by atomic mass is 10.2. The summed E-state index contributed by atoms with van der Waals surface area (Å²) >= 11 is 0. The largest absolute Gasteiger partial charge is 0.444 e.